The quantitative estimate of drug-likeness (QED) is 0.748. The zero-order chi connectivity index (χ0) is 18.2. The van der Waals surface area contributed by atoms with Crippen LogP contribution >= 0.6 is 0 Å². The Labute approximate surface area is 149 Å². The van der Waals surface area contributed by atoms with Gasteiger partial charge in [-0.3, -0.25) is 14.5 Å². The maximum atomic E-state index is 12.3. The zero-order valence-electron chi connectivity index (χ0n) is 15.4. The highest BCUT2D eigenvalue weighted by atomic mass is 16.5. The van der Waals surface area contributed by atoms with Gasteiger partial charge >= 0.3 is 0 Å². The lowest BCUT2D eigenvalue weighted by atomic mass is 10.1. The molecule has 25 heavy (non-hydrogen) atoms. The Kier molecular flexibility index (Phi) is 7.25. The minimum Gasteiger partial charge on any atom is -0.494 e. The molecule has 2 amide bonds. The second kappa shape index (κ2) is 9.42. The number of benzene rings is 1. The van der Waals surface area contributed by atoms with Crippen LogP contribution in [0.4, 0.5) is 0 Å². The average molecular weight is 347 g/mol. The van der Waals surface area contributed by atoms with Crippen LogP contribution in [0, 0.1) is 5.92 Å². The number of ether oxygens (including phenoxy) is 1. The highest BCUT2D eigenvalue weighted by molar-refractivity contribution is 5.88. The van der Waals surface area contributed by atoms with Gasteiger partial charge in [0, 0.05) is 31.7 Å². The van der Waals surface area contributed by atoms with E-state index in [1.807, 2.05) is 45.0 Å². The van der Waals surface area contributed by atoms with E-state index in [1.54, 1.807) is 0 Å². The van der Waals surface area contributed by atoms with Gasteiger partial charge in [-0.2, -0.15) is 0 Å². The topological polar surface area (TPSA) is 70.7 Å². The lowest BCUT2D eigenvalue weighted by Gasteiger charge is -2.35. The van der Waals surface area contributed by atoms with Gasteiger partial charge in [-0.25, -0.2) is 0 Å². The molecule has 1 atom stereocenters. The Morgan fingerprint density at radius 2 is 2.16 bits per heavy atom. The molecule has 0 aromatic heterocycles. The number of rotatable bonds is 8. The maximum absolute atomic E-state index is 12.3. The third-order valence-electron chi connectivity index (χ3n) is 4.17. The van der Waals surface area contributed by atoms with Crippen molar-refractivity contribution >= 4 is 11.8 Å². The highest BCUT2D eigenvalue weighted by Gasteiger charge is 2.32. The molecule has 2 rings (SSSR count). The second-order valence-electron chi connectivity index (χ2n) is 6.72. The van der Waals surface area contributed by atoms with Crippen LogP contribution in [-0.4, -0.2) is 49.0 Å². The molecule has 1 saturated heterocycles. The minimum atomic E-state index is -0.449. The fraction of sp³-hybridized carbons (Fsp3) is 0.579. The van der Waals surface area contributed by atoms with Crippen molar-refractivity contribution in [1.29, 1.82) is 0 Å². The summed E-state index contributed by atoms with van der Waals surface area (Å²) in [5, 5.41) is 5.76. The summed E-state index contributed by atoms with van der Waals surface area (Å²) in [6.07, 6.45) is 0.176. The number of hydrogen-bond acceptors (Lipinski definition) is 4. The van der Waals surface area contributed by atoms with Gasteiger partial charge in [0.1, 0.15) is 5.75 Å². The van der Waals surface area contributed by atoms with Crippen LogP contribution in [0.3, 0.4) is 0 Å². The zero-order valence-corrected chi connectivity index (χ0v) is 15.4. The van der Waals surface area contributed by atoms with E-state index < -0.39 is 6.04 Å². The van der Waals surface area contributed by atoms with E-state index in [0.717, 1.165) is 11.3 Å². The summed E-state index contributed by atoms with van der Waals surface area (Å²) in [5.74, 6) is 1.05. The summed E-state index contributed by atoms with van der Waals surface area (Å²) < 4.78 is 5.68. The largest absolute Gasteiger partial charge is 0.494 e. The summed E-state index contributed by atoms with van der Waals surface area (Å²) in [7, 11) is 0. The molecule has 1 fully saturated rings. The van der Waals surface area contributed by atoms with E-state index in [4.69, 9.17) is 4.74 Å². The molecule has 0 spiro atoms. The lowest BCUT2D eigenvalue weighted by molar-refractivity contribution is -0.134. The molecule has 0 bridgehead atoms. The molecule has 1 aromatic carbocycles. The van der Waals surface area contributed by atoms with Gasteiger partial charge in [-0.15, -0.1) is 0 Å². The molecule has 0 saturated carbocycles. The molecule has 0 aliphatic carbocycles. The Hall–Kier alpha value is -2.08. The molecular formula is C19H29N3O3. The molecule has 2 N–H and O–H groups in total. The van der Waals surface area contributed by atoms with Crippen molar-refractivity contribution in [2.24, 2.45) is 5.92 Å². The molecule has 138 valence electrons. The van der Waals surface area contributed by atoms with Crippen LogP contribution in [-0.2, 0) is 16.1 Å². The van der Waals surface area contributed by atoms with Gasteiger partial charge in [0.2, 0.25) is 11.8 Å². The van der Waals surface area contributed by atoms with Gasteiger partial charge in [0.05, 0.1) is 19.1 Å². The molecule has 1 unspecified atom stereocenters. The number of carbonyl (C=O) groups excluding carboxylic acids is 2. The normalized spacial score (nSPS) is 18.1. The van der Waals surface area contributed by atoms with Crippen LogP contribution in [0.2, 0.25) is 0 Å². The van der Waals surface area contributed by atoms with E-state index in [-0.39, 0.29) is 18.2 Å². The summed E-state index contributed by atoms with van der Waals surface area (Å²) in [6, 6.07) is 7.40. The fourth-order valence-corrected chi connectivity index (χ4v) is 2.89. The molecule has 1 aromatic rings. The highest BCUT2D eigenvalue weighted by Crippen LogP contribution is 2.22. The predicted molar refractivity (Wildman–Crippen MR) is 97.3 cm³/mol. The molecule has 1 aliphatic heterocycles. The maximum Gasteiger partial charge on any atom is 0.237 e. The lowest BCUT2D eigenvalue weighted by Crippen LogP contribution is -2.56. The molecule has 0 radical (unpaired) electrons. The summed E-state index contributed by atoms with van der Waals surface area (Å²) in [5.41, 5.74) is 1.03. The third kappa shape index (κ3) is 5.74. The van der Waals surface area contributed by atoms with Gasteiger partial charge in [-0.1, -0.05) is 32.0 Å². The van der Waals surface area contributed by atoms with E-state index in [0.29, 0.717) is 38.7 Å². The van der Waals surface area contributed by atoms with Crippen LogP contribution in [0.1, 0.15) is 32.8 Å². The first kappa shape index (κ1) is 19.2. The van der Waals surface area contributed by atoms with Crippen molar-refractivity contribution < 1.29 is 14.3 Å². The van der Waals surface area contributed by atoms with Crippen molar-refractivity contribution in [2.75, 3.05) is 26.2 Å². The van der Waals surface area contributed by atoms with E-state index in [1.165, 1.54) is 0 Å². The van der Waals surface area contributed by atoms with Crippen molar-refractivity contribution in [1.82, 2.24) is 15.5 Å². The van der Waals surface area contributed by atoms with Crippen molar-refractivity contribution in [3.8, 4) is 5.75 Å². The smallest absolute Gasteiger partial charge is 0.237 e. The number of piperazine rings is 1. The Balaban J connectivity index is 2.06. The standard InChI is InChI=1S/C19H29N3O3/c1-4-25-17-8-6-5-7-15(17)13-22-10-9-20-19(24)16(22)11-18(23)21-12-14(2)3/h5-8,14,16H,4,9-13H2,1-3H3,(H,20,24)(H,21,23). The third-order valence-corrected chi connectivity index (χ3v) is 4.17. The summed E-state index contributed by atoms with van der Waals surface area (Å²) in [6.45, 7) is 9.17. The Morgan fingerprint density at radius 1 is 1.40 bits per heavy atom. The van der Waals surface area contributed by atoms with Crippen molar-refractivity contribution in [3.63, 3.8) is 0 Å². The first-order valence-corrected chi connectivity index (χ1v) is 9.00. The number of para-hydroxylation sites is 1. The number of carbonyl (C=O) groups is 2. The van der Waals surface area contributed by atoms with Gasteiger partial charge < -0.3 is 15.4 Å². The Morgan fingerprint density at radius 3 is 2.88 bits per heavy atom. The first-order chi connectivity index (χ1) is 12.0. The summed E-state index contributed by atoms with van der Waals surface area (Å²) in [4.78, 5) is 26.6. The van der Waals surface area contributed by atoms with Crippen molar-refractivity contribution in [3.05, 3.63) is 29.8 Å². The van der Waals surface area contributed by atoms with Gasteiger partial charge in [0.15, 0.2) is 0 Å². The summed E-state index contributed by atoms with van der Waals surface area (Å²) >= 11 is 0. The van der Waals surface area contributed by atoms with E-state index >= 15 is 0 Å². The van der Waals surface area contributed by atoms with Crippen molar-refractivity contribution in [2.45, 2.75) is 39.8 Å². The minimum absolute atomic E-state index is 0.0835. The van der Waals surface area contributed by atoms with Crippen LogP contribution in [0.15, 0.2) is 24.3 Å². The predicted octanol–water partition coefficient (Wildman–Crippen LogP) is 1.55. The molecule has 6 heteroatoms. The monoisotopic (exact) mass is 347 g/mol. The van der Waals surface area contributed by atoms with Gasteiger partial charge in [-0.05, 0) is 18.9 Å². The number of nitrogens with zero attached hydrogens (tertiary/aromatic N) is 1. The van der Waals surface area contributed by atoms with E-state index in [9.17, 15) is 9.59 Å². The molecule has 6 nitrogen and oxygen atoms in total. The van der Waals surface area contributed by atoms with Crippen LogP contribution < -0.4 is 15.4 Å². The molecule has 1 aliphatic rings. The Bertz CT molecular complexity index is 589. The SMILES string of the molecule is CCOc1ccccc1CN1CCNC(=O)C1CC(=O)NCC(C)C. The first-order valence-electron chi connectivity index (χ1n) is 9.00. The van der Waals surface area contributed by atoms with Gasteiger partial charge in [0.25, 0.3) is 0 Å². The fourth-order valence-electron chi connectivity index (χ4n) is 2.89. The van der Waals surface area contributed by atoms with E-state index in [2.05, 4.69) is 15.5 Å². The molecular weight excluding hydrogens is 318 g/mol. The number of hydrogen-bond donors (Lipinski definition) is 2. The number of amides is 2. The number of nitrogens with one attached hydrogen (secondary N) is 2. The average Bonchev–Trinajstić information content (AvgIpc) is 2.58. The second-order valence-corrected chi connectivity index (χ2v) is 6.72. The van der Waals surface area contributed by atoms with Crippen LogP contribution in [0.5, 0.6) is 5.75 Å². The molecule has 1 heterocycles. The van der Waals surface area contributed by atoms with Crippen LogP contribution in [0.25, 0.3) is 0 Å².